The van der Waals surface area contributed by atoms with Crippen molar-refractivity contribution in [3.05, 3.63) is 197 Å². The monoisotopic (exact) mass is 777 g/mol. The molecule has 2 unspecified atom stereocenters. The number of esters is 1. The summed E-state index contributed by atoms with van der Waals surface area (Å²) < 4.78 is 6.22. The van der Waals surface area contributed by atoms with Crippen LogP contribution in [0.3, 0.4) is 0 Å². The van der Waals surface area contributed by atoms with Crippen molar-refractivity contribution in [1.29, 1.82) is 0 Å². The molecule has 280 valence electrons. The number of carbonyl (C=O) groups excluding carboxylic acids is 3. The maximum Gasteiger partial charge on any atom is 0.319 e. The van der Waals surface area contributed by atoms with E-state index in [1.807, 2.05) is 115 Å². The van der Waals surface area contributed by atoms with Crippen LogP contribution in [0.1, 0.15) is 38.9 Å². The van der Waals surface area contributed by atoms with Crippen molar-refractivity contribution in [2.24, 2.45) is 5.41 Å². The van der Waals surface area contributed by atoms with E-state index in [0.717, 1.165) is 27.8 Å². The van der Waals surface area contributed by atoms with Gasteiger partial charge in [0.1, 0.15) is 27.4 Å². The van der Waals surface area contributed by atoms with Crippen LogP contribution in [0, 0.1) is 5.41 Å². The third-order valence-electron chi connectivity index (χ3n) is 10.3. The summed E-state index contributed by atoms with van der Waals surface area (Å²) in [5.41, 5.74) is 2.84. The first-order chi connectivity index (χ1) is 27.4. The van der Waals surface area contributed by atoms with Gasteiger partial charge in [-0.3, -0.25) is 14.4 Å². The largest absolute Gasteiger partial charge is 0.452 e. The topological polar surface area (TPSA) is 114 Å². The van der Waals surface area contributed by atoms with Crippen molar-refractivity contribution in [3.63, 3.8) is 0 Å². The van der Waals surface area contributed by atoms with Gasteiger partial charge in [0.05, 0.1) is 6.42 Å². The van der Waals surface area contributed by atoms with Gasteiger partial charge in [-0.2, -0.15) is 0 Å². The molecule has 0 saturated carbocycles. The van der Waals surface area contributed by atoms with Crippen molar-refractivity contribution < 1.29 is 19.1 Å². The lowest BCUT2D eigenvalue weighted by molar-refractivity contribution is -0.162. The Bertz CT molecular complexity index is 2180. The third kappa shape index (κ3) is 7.11. The summed E-state index contributed by atoms with van der Waals surface area (Å²) >= 11 is 2.74. The lowest BCUT2D eigenvalue weighted by Gasteiger charge is -2.53. The van der Waals surface area contributed by atoms with Gasteiger partial charge in [0.15, 0.2) is 6.10 Å². The van der Waals surface area contributed by atoms with Gasteiger partial charge in [0.25, 0.3) is 0 Å². The highest BCUT2D eigenvalue weighted by molar-refractivity contribution is 8.00. The third-order valence-corrected chi connectivity index (χ3v) is 12.7. The van der Waals surface area contributed by atoms with E-state index in [2.05, 4.69) is 63.8 Å². The van der Waals surface area contributed by atoms with E-state index in [1.165, 1.54) is 23.1 Å². The van der Waals surface area contributed by atoms with Crippen LogP contribution in [-0.2, 0) is 31.1 Å². The fourth-order valence-corrected chi connectivity index (χ4v) is 9.74. The molecule has 3 heterocycles. The van der Waals surface area contributed by atoms with E-state index in [-0.39, 0.29) is 30.2 Å². The van der Waals surface area contributed by atoms with Gasteiger partial charge in [0.2, 0.25) is 16.9 Å². The normalized spacial score (nSPS) is 19.0. The van der Waals surface area contributed by atoms with Crippen molar-refractivity contribution in [1.82, 2.24) is 20.4 Å². The van der Waals surface area contributed by atoms with Crippen LogP contribution in [0.25, 0.3) is 0 Å². The van der Waals surface area contributed by atoms with Crippen LogP contribution in [0.2, 0.25) is 0 Å². The van der Waals surface area contributed by atoms with Crippen LogP contribution in [0.5, 0.6) is 0 Å². The second-order valence-electron chi connectivity index (χ2n) is 13.8. The Hall–Kier alpha value is -6.04. The van der Waals surface area contributed by atoms with E-state index in [0.29, 0.717) is 15.9 Å². The lowest BCUT2D eigenvalue weighted by atomic mass is 9.77. The first-order valence-electron chi connectivity index (χ1n) is 18.3. The Balaban J connectivity index is 0.940. The molecule has 0 spiro atoms. The minimum absolute atomic E-state index is 0.0429. The molecule has 6 aromatic rings. The summed E-state index contributed by atoms with van der Waals surface area (Å²) in [4.78, 5) is 42.5. The molecule has 56 heavy (non-hydrogen) atoms. The second kappa shape index (κ2) is 16.0. The summed E-state index contributed by atoms with van der Waals surface area (Å²) in [7, 11) is 0. The zero-order valence-electron chi connectivity index (χ0n) is 30.4. The molecule has 3 atom stereocenters. The number of thioether (sulfide) groups is 1. The van der Waals surface area contributed by atoms with Gasteiger partial charge in [-0.1, -0.05) is 169 Å². The number of carbonyl (C=O) groups is 3. The van der Waals surface area contributed by atoms with Crippen molar-refractivity contribution >= 4 is 46.0 Å². The lowest BCUT2D eigenvalue weighted by Crippen LogP contribution is -2.73. The van der Waals surface area contributed by atoms with Crippen LogP contribution in [0.4, 0.5) is 5.13 Å². The second-order valence-corrected chi connectivity index (χ2v) is 16.0. The number of anilines is 1. The predicted octanol–water partition coefficient (Wildman–Crippen LogP) is 7.39. The average Bonchev–Trinajstić information content (AvgIpc) is 3.71. The van der Waals surface area contributed by atoms with Crippen LogP contribution >= 0.6 is 23.1 Å². The van der Waals surface area contributed by atoms with E-state index in [9.17, 15) is 14.4 Å². The average molecular weight is 778 g/mol. The Kier molecular flexibility index (Phi) is 10.5. The van der Waals surface area contributed by atoms with E-state index < -0.39 is 29.1 Å². The molecule has 2 saturated heterocycles. The minimum atomic E-state index is -1.11. The van der Waals surface area contributed by atoms with Gasteiger partial charge in [0, 0.05) is 12.3 Å². The Morgan fingerprint density at radius 2 is 1.30 bits per heavy atom. The molecule has 2 N–H and O–H groups in total. The van der Waals surface area contributed by atoms with E-state index in [1.54, 1.807) is 11.0 Å². The summed E-state index contributed by atoms with van der Waals surface area (Å²) in [6.45, 7) is 4.11. The summed E-state index contributed by atoms with van der Waals surface area (Å²) in [6, 6.07) is 49.0. The van der Waals surface area contributed by atoms with Crippen LogP contribution in [0.15, 0.2) is 164 Å². The molecule has 9 nitrogen and oxygen atoms in total. The number of hydrogen-bond donors (Lipinski definition) is 2. The zero-order chi connectivity index (χ0) is 38.5. The zero-order valence-corrected chi connectivity index (χ0v) is 32.0. The van der Waals surface area contributed by atoms with Gasteiger partial charge in [-0.05, 0) is 27.8 Å². The minimum Gasteiger partial charge on any atom is -0.452 e. The molecule has 1 aromatic heterocycles. The first kappa shape index (κ1) is 36.9. The standard InChI is InChI=1S/C45H39N5O4S2/c1-2-44(42(53)54-39(31-18-8-3-9-19-31)32-20-10-4-11-21-32)29-50-40(52)38(41(50)55-30-44)46-36(51)28-37-48-49-43(56-37)47-45(33-22-12-5-13-23-33,34-24-14-6-15-25-34)35-26-16-7-17-27-35/h2-27,38-39,41H,1,28-30H2,(H,46,51)(H,47,49)/t38?,41-,44?/m1/s1. The number of nitrogens with zero attached hydrogens (tertiary/aromatic N) is 3. The number of fused-ring (bicyclic) bond motifs is 1. The maximum atomic E-state index is 14.0. The molecule has 2 amide bonds. The number of rotatable bonds is 13. The Morgan fingerprint density at radius 1 is 0.804 bits per heavy atom. The number of β-lactam (4-membered cyclic amide) rings is 1. The number of benzene rings is 5. The molecular weight excluding hydrogens is 739 g/mol. The molecule has 2 aliphatic heterocycles. The number of hydrogen-bond acceptors (Lipinski definition) is 9. The van der Waals surface area contributed by atoms with E-state index in [4.69, 9.17) is 4.74 Å². The fourth-order valence-electron chi connectivity index (χ4n) is 7.41. The van der Waals surface area contributed by atoms with Crippen molar-refractivity contribution in [2.45, 2.75) is 29.5 Å². The molecule has 8 rings (SSSR count). The highest BCUT2D eigenvalue weighted by Crippen LogP contribution is 2.45. The molecule has 0 radical (unpaired) electrons. The highest BCUT2D eigenvalue weighted by atomic mass is 32.2. The van der Waals surface area contributed by atoms with Crippen molar-refractivity contribution in [2.75, 3.05) is 17.6 Å². The van der Waals surface area contributed by atoms with Gasteiger partial charge >= 0.3 is 5.97 Å². The summed E-state index contributed by atoms with van der Waals surface area (Å²) in [5.74, 6) is -0.687. The molecule has 2 fully saturated rings. The highest BCUT2D eigenvalue weighted by Gasteiger charge is 2.57. The van der Waals surface area contributed by atoms with Crippen LogP contribution < -0.4 is 10.6 Å². The molecule has 2 aliphatic rings. The van der Waals surface area contributed by atoms with Gasteiger partial charge in [-0.15, -0.1) is 28.5 Å². The smallest absolute Gasteiger partial charge is 0.319 e. The Labute approximate surface area is 333 Å². The van der Waals surface area contributed by atoms with Crippen LogP contribution in [-0.4, -0.2) is 56.6 Å². The summed E-state index contributed by atoms with van der Waals surface area (Å²) in [5, 5.41) is 16.2. The quantitative estimate of drug-likeness (QED) is 0.0541. The van der Waals surface area contributed by atoms with E-state index >= 15 is 0 Å². The van der Waals surface area contributed by atoms with Gasteiger partial charge < -0.3 is 20.3 Å². The molecule has 0 bridgehead atoms. The number of nitrogens with one attached hydrogen (secondary N) is 2. The SMILES string of the molecule is C=CC1(C(=O)OC(c2ccccc2)c2ccccc2)CS[C@@H]2C(NC(=O)Cc3nnc(NC(c4ccccc4)(c4ccccc4)c4ccccc4)s3)C(=O)N2C1. The van der Waals surface area contributed by atoms with Crippen molar-refractivity contribution in [3.8, 4) is 0 Å². The maximum absolute atomic E-state index is 14.0. The molecule has 5 aromatic carbocycles. The first-order valence-corrected chi connectivity index (χ1v) is 20.2. The fraction of sp³-hybridized carbons (Fsp3) is 0.178. The predicted molar refractivity (Wildman–Crippen MR) is 220 cm³/mol. The summed E-state index contributed by atoms with van der Waals surface area (Å²) in [6.07, 6.45) is 0.929. The number of amides is 2. The number of aromatic nitrogens is 2. The van der Waals surface area contributed by atoms with Gasteiger partial charge in [-0.25, -0.2) is 0 Å². The molecular formula is C45H39N5O4S2. The number of ether oxygens (including phenoxy) is 1. The Morgan fingerprint density at radius 3 is 1.80 bits per heavy atom. The molecule has 11 heteroatoms. The molecule has 0 aliphatic carbocycles.